The number of benzene rings is 2. The minimum atomic E-state index is -0.204. The van der Waals surface area contributed by atoms with E-state index in [-0.39, 0.29) is 23.4 Å². The highest BCUT2D eigenvalue weighted by Gasteiger charge is 2.41. The van der Waals surface area contributed by atoms with Crippen LogP contribution in [-0.4, -0.2) is 5.78 Å². The average Bonchev–Trinajstić information content (AvgIpc) is 2.55. The third-order valence-electron chi connectivity index (χ3n) is 5.09. The van der Waals surface area contributed by atoms with Gasteiger partial charge in [-0.3, -0.25) is 4.79 Å². The number of hydrogen-bond donors (Lipinski definition) is 0. The lowest BCUT2D eigenvalue weighted by Gasteiger charge is -2.43. The topological polar surface area (TPSA) is 17.1 Å². The van der Waals surface area contributed by atoms with Crippen LogP contribution < -0.4 is 0 Å². The molecule has 0 fully saturated rings. The summed E-state index contributed by atoms with van der Waals surface area (Å²) < 4.78 is 13.2. The SMILES string of the molecule is CC(=O)C1=CC2c3ccccc3C1CC2c1ccc(F)cc1. The van der Waals surface area contributed by atoms with E-state index in [2.05, 4.69) is 24.3 Å². The number of Topliss-reactive ketones (excluding diaryl/α,β-unsaturated/α-hetero) is 1. The monoisotopic (exact) mass is 292 g/mol. The van der Waals surface area contributed by atoms with Crippen molar-refractivity contribution in [1.29, 1.82) is 0 Å². The third kappa shape index (κ3) is 1.94. The number of allylic oxidation sites excluding steroid dienone is 2. The Morgan fingerprint density at radius 2 is 1.73 bits per heavy atom. The fourth-order valence-corrected chi connectivity index (χ4v) is 4.10. The predicted octanol–water partition coefficient (Wildman–Crippen LogP) is 4.71. The van der Waals surface area contributed by atoms with Crippen molar-refractivity contribution in [3.63, 3.8) is 0 Å². The van der Waals surface area contributed by atoms with Gasteiger partial charge in [-0.2, -0.15) is 0 Å². The molecule has 5 rings (SSSR count). The van der Waals surface area contributed by atoms with E-state index in [1.165, 1.54) is 23.3 Å². The quantitative estimate of drug-likeness (QED) is 0.783. The maximum absolute atomic E-state index is 13.2. The van der Waals surface area contributed by atoms with Crippen molar-refractivity contribution in [1.82, 2.24) is 0 Å². The Balaban J connectivity index is 1.83. The van der Waals surface area contributed by atoms with Crippen LogP contribution >= 0.6 is 0 Å². The number of rotatable bonds is 2. The summed E-state index contributed by atoms with van der Waals surface area (Å²) in [7, 11) is 0. The van der Waals surface area contributed by atoms with Gasteiger partial charge in [0, 0.05) is 11.8 Å². The van der Waals surface area contributed by atoms with Gasteiger partial charge in [0.15, 0.2) is 5.78 Å². The predicted molar refractivity (Wildman–Crippen MR) is 84.4 cm³/mol. The summed E-state index contributed by atoms with van der Waals surface area (Å²) in [5.74, 6) is 0.676. The summed E-state index contributed by atoms with van der Waals surface area (Å²) in [5.41, 5.74) is 4.71. The Kier molecular flexibility index (Phi) is 3.00. The number of fused-ring (bicyclic) bond motifs is 1. The molecule has 110 valence electrons. The molecule has 3 atom stereocenters. The van der Waals surface area contributed by atoms with Crippen molar-refractivity contribution < 1.29 is 9.18 Å². The van der Waals surface area contributed by atoms with Crippen LogP contribution in [0.15, 0.2) is 60.2 Å². The Morgan fingerprint density at radius 3 is 2.41 bits per heavy atom. The van der Waals surface area contributed by atoms with Crippen LogP contribution in [0.3, 0.4) is 0 Å². The number of hydrogen-bond acceptors (Lipinski definition) is 1. The Hall–Kier alpha value is -2.22. The Morgan fingerprint density at radius 1 is 1.05 bits per heavy atom. The molecule has 3 unspecified atom stereocenters. The molecule has 0 heterocycles. The third-order valence-corrected chi connectivity index (χ3v) is 5.09. The smallest absolute Gasteiger partial charge is 0.156 e. The van der Waals surface area contributed by atoms with Crippen molar-refractivity contribution in [2.45, 2.75) is 31.1 Å². The summed E-state index contributed by atoms with van der Waals surface area (Å²) >= 11 is 0. The average molecular weight is 292 g/mol. The molecule has 3 aliphatic rings. The van der Waals surface area contributed by atoms with E-state index >= 15 is 0 Å². The van der Waals surface area contributed by atoms with Gasteiger partial charge < -0.3 is 0 Å². The van der Waals surface area contributed by atoms with Crippen LogP contribution in [0.5, 0.6) is 0 Å². The van der Waals surface area contributed by atoms with Gasteiger partial charge in [-0.15, -0.1) is 0 Å². The lowest BCUT2D eigenvalue weighted by molar-refractivity contribution is -0.114. The molecular formula is C20H17FO. The van der Waals surface area contributed by atoms with Crippen LogP contribution in [0, 0.1) is 5.82 Å². The molecule has 1 nitrogen and oxygen atoms in total. The van der Waals surface area contributed by atoms with Gasteiger partial charge in [0.1, 0.15) is 5.82 Å². The highest BCUT2D eigenvalue weighted by atomic mass is 19.1. The van der Waals surface area contributed by atoms with E-state index in [4.69, 9.17) is 0 Å². The zero-order valence-corrected chi connectivity index (χ0v) is 12.4. The van der Waals surface area contributed by atoms with E-state index in [0.717, 1.165) is 17.6 Å². The molecule has 22 heavy (non-hydrogen) atoms. The zero-order valence-electron chi connectivity index (χ0n) is 12.4. The Labute approximate surface area is 129 Å². The lowest BCUT2D eigenvalue weighted by Crippen LogP contribution is -2.30. The van der Waals surface area contributed by atoms with Gasteiger partial charge in [0.05, 0.1) is 0 Å². The number of ketones is 1. The number of halogens is 1. The molecule has 2 aromatic carbocycles. The fraction of sp³-hybridized carbons (Fsp3) is 0.250. The van der Waals surface area contributed by atoms with Crippen molar-refractivity contribution >= 4 is 5.78 Å². The van der Waals surface area contributed by atoms with E-state index in [1.807, 2.05) is 18.2 Å². The molecular weight excluding hydrogens is 275 g/mol. The van der Waals surface area contributed by atoms with Crippen LogP contribution in [0.25, 0.3) is 0 Å². The molecule has 0 saturated heterocycles. The highest BCUT2D eigenvalue weighted by Crippen LogP contribution is 2.55. The van der Waals surface area contributed by atoms with Crippen LogP contribution in [-0.2, 0) is 4.79 Å². The lowest BCUT2D eigenvalue weighted by atomic mass is 9.60. The second kappa shape index (κ2) is 4.91. The second-order valence-electron chi connectivity index (χ2n) is 6.28. The first-order valence-corrected chi connectivity index (χ1v) is 7.72. The van der Waals surface area contributed by atoms with Crippen molar-refractivity contribution in [2.24, 2.45) is 0 Å². The molecule has 2 heteroatoms. The van der Waals surface area contributed by atoms with E-state index in [1.54, 1.807) is 6.92 Å². The van der Waals surface area contributed by atoms with Crippen LogP contribution in [0.4, 0.5) is 4.39 Å². The van der Waals surface area contributed by atoms with Gasteiger partial charge in [-0.05, 0) is 53.7 Å². The van der Waals surface area contributed by atoms with Gasteiger partial charge in [0.25, 0.3) is 0 Å². The minimum absolute atomic E-state index is 0.169. The minimum Gasteiger partial charge on any atom is -0.295 e. The number of carbonyl (C=O) groups is 1. The Bertz CT molecular complexity index is 773. The van der Waals surface area contributed by atoms with Crippen LogP contribution in [0.1, 0.15) is 47.8 Å². The van der Waals surface area contributed by atoms with Gasteiger partial charge in [0.2, 0.25) is 0 Å². The summed E-state index contributed by atoms with van der Waals surface area (Å²) in [6, 6.07) is 15.2. The molecule has 2 bridgehead atoms. The zero-order chi connectivity index (χ0) is 15.3. The molecule has 2 aromatic rings. The summed E-state index contributed by atoms with van der Waals surface area (Å²) in [6.07, 6.45) is 3.07. The fourth-order valence-electron chi connectivity index (χ4n) is 4.10. The second-order valence-corrected chi connectivity index (χ2v) is 6.28. The van der Waals surface area contributed by atoms with Crippen molar-refractivity contribution in [2.75, 3.05) is 0 Å². The molecule has 0 saturated carbocycles. The molecule has 3 aliphatic carbocycles. The summed E-state index contributed by atoms with van der Waals surface area (Å²) in [6.45, 7) is 1.65. The highest BCUT2D eigenvalue weighted by molar-refractivity contribution is 5.96. The van der Waals surface area contributed by atoms with E-state index in [0.29, 0.717) is 5.92 Å². The normalized spacial score (nSPS) is 25.5. The molecule has 0 amide bonds. The maximum Gasteiger partial charge on any atom is 0.156 e. The van der Waals surface area contributed by atoms with E-state index < -0.39 is 0 Å². The first kappa shape index (κ1) is 13.4. The van der Waals surface area contributed by atoms with Gasteiger partial charge in [-0.25, -0.2) is 4.39 Å². The molecule has 0 aliphatic heterocycles. The summed E-state index contributed by atoms with van der Waals surface area (Å²) in [4.78, 5) is 12.0. The van der Waals surface area contributed by atoms with Crippen molar-refractivity contribution in [3.8, 4) is 0 Å². The molecule has 0 aromatic heterocycles. The van der Waals surface area contributed by atoms with E-state index in [9.17, 15) is 9.18 Å². The van der Waals surface area contributed by atoms with Crippen LogP contribution in [0.2, 0.25) is 0 Å². The maximum atomic E-state index is 13.2. The largest absolute Gasteiger partial charge is 0.295 e. The molecule has 0 spiro atoms. The molecule has 0 radical (unpaired) electrons. The standard InChI is InChI=1S/C20H17FO/c1-12(22)17-10-20-16-5-3-2-4-15(16)19(17)11-18(20)13-6-8-14(21)9-7-13/h2-10,18-20H,11H2,1H3. The van der Waals surface area contributed by atoms with Crippen molar-refractivity contribution in [3.05, 3.63) is 82.7 Å². The first-order valence-electron chi connectivity index (χ1n) is 7.72. The van der Waals surface area contributed by atoms with Gasteiger partial charge in [-0.1, -0.05) is 42.5 Å². The molecule has 0 N–H and O–H groups in total. The van der Waals surface area contributed by atoms with Gasteiger partial charge >= 0.3 is 0 Å². The number of carbonyl (C=O) groups excluding carboxylic acids is 1. The summed E-state index contributed by atoms with van der Waals surface area (Å²) in [5, 5.41) is 0. The first-order chi connectivity index (χ1) is 10.6.